The number of ketones is 1. The van der Waals surface area contributed by atoms with Crippen LogP contribution in [0.15, 0.2) is 5.51 Å². The SMILES string of the molecule is Cc1ncsc1CN(C)CC1CCCCCC1=O. The monoisotopic (exact) mass is 266 g/mol. The van der Waals surface area contributed by atoms with E-state index in [-0.39, 0.29) is 5.92 Å². The van der Waals surface area contributed by atoms with Crippen molar-refractivity contribution in [1.29, 1.82) is 0 Å². The zero-order valence-corrected chi connectivity index (χ0v) is 12.1. The average molecular weight is 266 g/mol. The summed E-state index contributed by atoms with van der Waals surface area (Å²) >= 11 is 1.71. The van der Waals surface area contributed by atoms with Gasteiger partial charge in [-0.3, -0.25) is 4.79 Å². The fraction of sp³-hybridized carbons (Fsp3) is 0.714. The fourth-order valence-corrected chi connectivity index (χ4v) is 3.45. The van der Waals surface area contributed by atoms with Crippen LogP contribution in [0.1, 0.15) is 42.7 Å². The van der Waals surface area contributed by atoms with E-state index in [0.29, 0.717) is 5.78 Å². The molecule has 0 aliphatic heterocycles. The average Bonchev–Trinajstić information content (AvgIpc) is 2.61. The van der Waals surface area contributed by atoms with Gasteiger partial charge in [-0.15, -0.1) is 11.3 Å². The van der Waals surface area contributed by atoms with E-state index >= 15 is 0 Å². The minimum Gasteiger partial charge on any atom is -0.301 e. The second kappa shape index (κ2) is 6.43. The first-order valence-electron chi connectivity index (χ1n) is 6.77. The molecular weight excluding hydrogens is 244 g/mol. The van der Waals surface area contributed by atoms with Crippen LogP contribution in [-0.4, -0.2) is 29.3 Å². The van der Waals surface area contributed by atoms with Gasteiger partial charge in [-0.05, 0) is 26.8 Å². The third-order valence-electron chi connectivity index (χ3n) is 3.72. The summed E-state index contributed by atoms with van der Waals surface area (Å²) < 4.78 is 0. The van der Waals surface area contributed by atoms with Gasteiger partial charge in [0.25, 0.3) is 0 Å². The molecule has 18 heavy (non-hydrogen) atoms. The normalized spacial score (nSPS) is 21.3. The van der Waals surface area contributed by atoms with Gasteiger partial charge in [-0.25, -0.2) is 4.98 Å². The van der Waals surface area contributed by atoms with Crippen LogP contribution in [0.3, 0.4) is 0 Å². The lowest BCUT2D eigenvalue weighted by Gasteiger charge is -2.21. The lowest BCUT2D eigenvalue weighted by atomic mass is 9.98. The van der Waals surface area contributed by atoms with Crippen LogP contribution in [0, 0.1) is 12.8 Å². The lowest BCUT2D eigenvalue weighted by Crippen LogP contribution is -2.29. The van der Waals surface area contributed by atoms with Crippen molar-refractivity contribution in [1.82, 2.24) is 9.88 Å². The number of thiazole rings is 1. The van der Waals surface area contributed by atoms with Gasteiger partial charge in [-0.1, -0.05) is 12.8 Å². The smallest absolute Gasteiger partial charge is 0.137 e. The highest BCUT2D eigenvalue weighted by Gasteiger charge is 2.22. The van der Waals surface area contributed by atoms with Crippen LogP contribution >= 0.6 is 11.3 Å². The van der Waals surface area contributed by atoms with Crippen molar-refractivity contribution >= 4 is 17.1 Å². The van der Waals surface area contributed by atoms with Crippen molar-refractivity contribution in [2.75, 3.05) is 13.6 Å². The van der Waals surface area contributed by atoms with Gasteiger partial charge in [0, 0.05) is 30.3 Å². The van der Waals surface area contributed by atoms with Gasteiger partial charge in [0.05, 0.1) is 11.2 Å². The van der Waals surface area contributed by atoms with E-state index in [1.807, 2.05) is 5.51 Å². The van der Waals surface area contributed by atoms with Crippen molar-refractivity contribution in [3.8, 4) is 0 Å². The van der Waals surface area contributed by atoms with Crippen LogP contribution in [-0.2, 0) is 11.3 Å². The molecule has 2 rings (SSSR count). The Labute approximate surface area is 113 Å². The number of hydrogen-bond acceptors (Lipinski definition) is 4. The largest absolute Gasteiger partial charge is 0.301 e. The molecule has 1 unspecified atom stereocenters. The number of rotatable bonds is 4. The Morgan fingerprint density at radius 3 is 3.00 bits per heavy atom. The van der Waals surface area contributed by atoms with Gasteiger partial charge >= 0.3 is 0 Å². The second-order valence-electron chi connectivity index (χ2n) is 5.32. The topological polar surface area (TPSA) is 33.2 Å². The highest BCUT2D eigenvalue weighted by Crippen LogP contribution is 2.22. The molecule has 1 saturated carbocycles. The van der Waals surface area contributed by atoms with E-state index in [4.69, 9.17) is 0 Å². The van der Waals surface area contributed by atoms with Gasteiger partial charge in [0.1, 0.15) is 5.78 Å². The maximum atomic E-state index is 12.0. The van der Waals surface area contributed by atoms with Crippen LogP contribution in [0.2, 0.25) is 0 Å². The van der Waals surface area contributed by atoms with Crippen LogP contribution in [0.25, 0.3) is 0 Å². The molecular formula is C14H22N2OS. The number of Topliss-reactive ketones (excluding diaryl/α,β-unsaturated/α-hetero) is 1. The summed E-state index contributed by atoms with van der Waals surface area (Å²) in [5.74, 6) is 0.728. The van der Waals surface area contributed by atoms with Gasteiger partial charge in [0.2, 0.25) is 0 Å². The van der Waals surface area contributed by atoms with E-state index < -0.39 is 0 Å². The number of carbonyl (C=O) groups excluding carboxylic acids is 1. The minimum atomic E-state index is 0.255. The zero-order valence-electron chi connectivity index (χ0n) is 11.3. The summed E-state index contributed by atoms with van der Waals surface area (Å²) in [5, 5.41) is 0. The Kier molecular flexibility index (Phi) is 4.89. The highest BCUT2D eigenvalue weighted by molar-refractivity contribution is 7.09. The maximum Gasteiger partial charge on any atom is 0.137 e. The van der Waals surface area contributed by atoms with E-state index in [1.54, 1.807) is 11.3 Å². The van der Waals surface area contributed by atoms with Gasteiger partial charge in [0.15, 0.2) is 0 Å². The van der Waals surface area contributed by atoms with Gasteiger partial charge < -0.3 is 4.90 Å². The molecule has 1 aliphatic rings. The van der Waals surface area contributed by atoms with Crippen LogP contribution < -0.4 is 0 Å². The lowest BCUT2D eigenvalue weighted by molar-refractivity contribution is -0.123. The van der Waals surface area contributed by atoms with Crippen LogP contribution in [0.5, 0.6) is 0 Å². The molecule has 0 spiro atoms. The zero-order chi connectivity index (χ0) is 13.0. The number of carbonyl (C=O) groups is 1. The molecule has 1 aromatic rings. The number of aromatic nitrogens is 1. The fourth-order valence-electron chi connectivity index (χ4n) is 2.59. The molecule has 1 fully saturated rings. The van der Waals surface area contributed by atoms with Crippen molar-refractivity contribution in [3.05, 3.63) is 16.1 Å². The number of hydrogen-bond donors (Lipinski definition) is 0. The molecule has 4 heteroatoms. The second-order valence-corrected chi connectivity index (χ2v) is 6.26. The minimum absolute atomic E-state index is 0.255. The first-order valence-corrected chi connectivity index (χ1v) is 7.65. The molecule has 1 aliphatic carbocycles. The van der Waals surface area contributed by atoms with Crippen molar-refractivity contribution in [3.63, 3.8) is 0 Å². The maximum absolute atomic E-state index is 12.0. The first-order chi connectivity index (χ1) is 8.66. The molecule has 0 aromatic carbocycles. The molecule has 0 N–H and O–H groups in total. The Balaban J connectivity index is 1.88. The van der Waals surface area contributed by atoms with E-state index in [2.05, 4.69) is 23.9 Å². The summed E-state index contributed by atoms with van der Waals surface area (Å²) in [6.45, 7) is 3.87. The predicted octanol–water partition coefficient (Wildman–Crippen LogP) is 3.03. The third-order valence-corrected chi connectivity index (χ3v) is 4.64. The molecule has 0 radical (unpaired) electrons. The highest BCUT2D eigenvalue weighted by atomic mass is 32.1. The molecule has 1 heterocycles. The molecule has 1 atom stereocenters. The van der Waals surface area contributed by atoms with Crippen molar-refractivity contribution < 1.29 is 4.79 Å². The Morgan fingerprint density at radius 1 is 1.44 bits per heavy atom. The molecule has 0 bridgehead atoms. The van der Waals surface area contributed by atoms with E-state index in [1.165, 1.54) is 17.7 Å². The van der Waals surface area contributed by atoms with Crippen LogP contribution in [0.4, 0.5) is 0 Å². The standard InChI is InChI=1S/C14H22N2OS/c1-11-14(18-10-15-11)9-16(2)8-12-6-4-3-5-7-13(12)17/h10,12H,3-9H2,1-2H3. The Hall–Kier alpha value is -0.740. The summed E-state index contributed by atoms with van der Waals surface area (Å²) in [4.78, 5) is 19.8. The molecule has 3 nitrogen and oxygen atoms in total. The number of aryl methyl sites for hydroxylation is 1. The molecule has 100 valence electrons. The number of nitrogens with zero attached hydrogens (tertiary/aromatic N) is 2. The summed E-state index contributed by atoms with van der Waals surface area (Å²) in [6.07, 6.45) is 5.39. The summed E-state index contributed by atoms with van der Waals surface area (Å²) in [6, 6.07) is 0. The third kappa shape index (κ3) is 3.62. The molecule has 1 aromatic heterocycles. The van der Waals surface area contributed by atoms with Crippen molar-refractivity contribution in [2.24, 2.45) is 5.92 Å². The molecule has 0 saturated heterocycles. The predicted molar refractivity (Wildman–Crippen MR) is 74.8 cm³/mol. The molecule has 0 amide bonds. The van der Waals surface area contributed by atoms with E-state index in [0.717, 1.165) is 38.0 Å². The van der Waals surface area contributed by atoms with Gasteiger partial charge in [-0.2, -0.15) is 0 Å². The first kappa shape index (κ1) is 13.7. The summed E-state index contributed by atoms with van der Waals surface area (Å²) in [7, 11) is 2.11. The Morgan fingerprint density at radius 2 is 2.28 bits per heavy atom. The van der Waals surface area contributed by atoms with E-state index in [9.17, 15) is 4.79 Å². The summed E-state index contributed by atoms with van der Waals surface area (Å²) in [5.41, 5.74) is 3.02. The quantitative estimate of drug-likeness (QED) is 0.785. The Bertz CT molecular complexity index is 402. The van der Waals surface area contributed by atoms with Crippen molar-refractivity contribution in [2.45, 2.75) is 45.6 Å².